The van der Waals surface area contributed by atoms with Gasteiger partial charge in [-0.1, -0.05) is 30.3 Å². The van der Waals surface area contributed by atoms with Gasteiger partial charge < -0.3 is 14.6 Å². The number of para-hydroxylation sites is 1. The van der Waals surface area contributed by atoms with Crippen molar-refractivity contribution in [3.8, 4) is 5.75 Å². The van der Waals surface area contributed by atoms with Gasteiger partial charge in [-0.25, -0.2) is 8.42 Å². The van der Waals surface area contributed by atoms with E-state index in [1.54, 1.807) is 31.4 Å². The Morgan fingerprint density at radius 3 is 2.74 bits per heavy atom. The Labute approximate surface area is 183 Å². The maximum absolute atomic E-state index is 13.3. The highest BCUT2D eigenvalue weighted by Gasteiger charge is 2.33. The number of methoxy groups -OCH3 is 1. The number of carboxylic acids is 1. The fourth-order valence-corrected chi connectivity index (χ4v) is 5.47. The van der Waals surface area contributed by atoms with Crippen LogP contribution < -0.4 is 4.74 Å². The lowest BCUT2D eigenvalue weighted by atomic mass is 9.90. The van der Waals surface area contributed by atoms with Crippen LogP contribution in [0, 0.1) is 6.92 Å². The van der Waals surface area contributed by atoms with E-state index in [2.05, 4.69) is 0 Å². The average Bonchev–Trinajstić information content (AvgIpc) is 2.80. The summed E-state index contributed by atoms with van der Waals surface area (Å²) >= 11 is 0. The molecule has 2 unspecified atom stereocenters. The number of ether oxygens (including phenoxy) is 2. The van der Waals surface area contributed by atoms with Crippen molar-refractivity contribution in [2.24, 2.45) is 0 Å². The molecule has 1 heterocycles. The summed E-state index contributed by atoms with van der Waals surface area (Å²) < 4.78 is 39.1. The molecule has 1 aliphatic heterocycles. The molecule has 0 radical (unpaired) electrons. The Hall–Kier alpha value is -2.42. The molecule has 0 bridgehead atoms. The number of fused-ring (bicyclic) bond motifs is 1. The summed E-state index contributed by atoms with van der Waals surface area (Å²) in [6, 6.07) is 12.4. The van der Waals surface area contributed by atoms with Crippen LogP contribution in [0.4, 0.5) is 0 Å². The van der Waals surface area contributed by atoms with E-state index in [0.29, 0.717) is 18.8 Å². The summed E-state index contributed by atoms with van der Waals surface area (Å²) in [5.41, 5.74) is 2.67. The topological polar surface area (TPSA) is 93.1 Å². The molecule has 8 heteroatoms. The molecule has 2 aromatic carbocycles. The number of aliphatic carboxylic acids is 1. The zero-order valence-corrected chi connectivity index (χ0v) is 18.9. The molecule has 3 rings (SSSR count). The van der Waals surface area contributed by atoms with Crippen molar-refractivity contribution in [1.29, 1.82) is 0 Å². The minimum atomic E-state index is -3.74. The van der Waals surface area contributed by atoms with Crippen molar-refractivity contribution < 1.29 is 27.8 Å². The van der Waals surface area contributed by atoms with Crippen molar-refractivity contribution in [3.63, 3.8) is 0 Å². The van der Waals surface area contributed by atoms with Gasteiger partial charge in [-0.2, -0.15) is 4.31 Å². The van der Waals surface area contributed by atoms with E-state index in [9.17, 15) is 18.3 Å². The van der Waals surface area contributed by atoms with Crippen molar-refractivity contribution in [3.05, 3.63) is 59.2 Å². The normalized spacial score (nSPS) is 19.1. The van der Waals surface area contributed by atoms with Crippen LogP contribution in [-0.2, 0) is 26.1 Å². The SMILES string of the molecule is COCCC(CC(=O)O)c1ccc(C)c(CN2CC(C)Oc3ccccc3S2(=O)=O)c1. The Balaban J connectivity index is 1.94. The zero-order chi connectivity index (χ0) is 22.6. The molecule has 31 heavy (non-hydrogen) atoms. The maximum Gasteiger partial charge on any atom is 0.303 e. The Bertz CT molecular complexity index is 1040. The molecule has 0 fully saturated rings. The summed E-state index contributed by atoms with van der Waals surface area (Å²) in [4.78, 5) is 11.5. The Morgan fingerprint density at radius 2 is 2.03 bits per heavy atom. The zero-order valence-electron chi connectivity index (χ0n) is 18.1. The van der Waals surface area contributed by atoms with Crippen molar-refractivity contribution in [2.75, 3.05) is 20.3 Å². The molecule has 2 aromatic rings. The van der Waals surface area contributed by atoms with Gasteiger partial charge in [-0.3, -0.25) is 4.79 Å². The first-order valence-electron chi connectivity index (χ1n) is 10.3. The van der Waals surface area contributed by atoms with Gasteiger partial charge in [0.05, 0.1) is 13.0 Å². The molecule has 0 saturated carbocycles. The second kappa shape index (κ2) is 9.80. The van der Waals surface area contributed by atoms with Gasteiger partial charge >= 0.3 is 5.97 Å². The minimum Gasteiger partial charge on any atom is -0.488 e. The van der Waals surface area contributed by atoms with E-state index in [-0.39, 0.29) is 36.4 Å². The second-order valence-corrected chi connectivity index (χ2v) is 9.84. The molecule has 0 spiro atoms. The molecule has 0 amide bonds. The van der Waals surface area contributed by atoms with Crippen molar-refractivity contribution in [1.82, 2.24) is 4.31 Å². The average molecular weight is 448 g/mol. The number of aryl methyl sites for hydroxylation is 1. The third-order valence-electron chi connectivity index (χ3n) is 5.54. The molecular formula is C23H29NO6S. The van der Waals surface area contributed by atoms with Crippen LogP contribution in [0.15, 0.2) is 47.4 Å². The van der Waals surface area contributed by atoms with Gasteiger partial charge in [-0.15, -0.1) is 0 Å². The molecule has 2 atom stereocenters. The Morgan fingerprint density at radius 1 is 1.29 bits per heavy atom. The van der Waals surface area contributed by atoms with Crippen LogP contribution in [-0.4, -0.2) is 50.2 Å². The standard InChI is InChI=1S/C23H29NO6S/c1-16-8-9-18(19(10-11-29-3)13-23(25)26)12-20(16)15-24-14-17(2)30-21-6-4-5-7-22(21)31(24,27)28/h4-9,12,17,19H,10-11,13-15H2,1-3H3,(H,25,26). The molecule has 0 saturated heterocycles. The fourth-order valence-electron chi connectivity index (χ4n) is 3.85. The maximum atomic E-state index is 13.3. The van der Waals surface area contributed by atoms with Gasteiger partial charge in [0.25, 0.3) is 0 Å². The molecular weight excluding hydrogens is 418 g/mol. The number of carboxylic acid groups (broad SMARTS) is 1. The van der Waals surface area contributed by atoms with Crippen LogP contribution in [0.25, 0.3) is 0 Å². The lowest BCUT2D eigenvalue weighted by Gasteiger charge is -2.23. The minimum absolute atomic E-state index is 0.00781. The highest BCUT2D eigenvalue weighted by atomic mass is 32.2. The van der Waals surface area contributed by atoms with Crippen LogP contribution in [0.1, 0.15) is 42.4 Å². The van der Waals surface area contributed by atoms with E-state index in [4.69, 9.17) is 9.47 Å². The number of hydrogen-bond acceptors (Lipinski definition) is 5. The van der Waals surface area contributed by atoms with E-state index < -0.39 is 16.0 Å². The highest BCUT2D eigenvalue weighted by molar-refractivity contribution is 7.89. The number of benzene rings is 2. The molecule has 7 nitrogen and oxygen atoms in total. The molecule has 0 aliphatic carbocycles. The number of rotatable bonds is 8. The second-order valence-electron chi connectivity index (χ2n) is 7.93. The predicted octanol–water partition coefficient (Wildman–Crippen LogP) is 3.56. The highest BCUT2D eigenvalue weighted by Crippen LogP contribution is 2.33. The largest absolute Gasteiger partial charge is 0.488 e. The Kier molecular flexibility index (Phi) is 7.35. The smallest absolute Gasteiger partial charge is 0.303 e. The molecule has 1 aliphatic rings. The van der Waals surface area contributed by atoms with Crippen molar-refractivity contribution in [2.45, 2.75) is 50.2 Å². The van der Waals surface area contributed by atoms with Gasteiger partial charge in [0, 0.05) is 20.3 Å². The first kappa shape index (κ1) is 23.2. The summed E-state index contributed by atoms with van der Waals surface area (Å²) in [6.45, 7) is 4.64. The third-order valence-corrected chi connectivity index (χ3v) is 7.39. The van der Waals surface area contributed by atoms with Crippen LogP contribution in [0.3, 0.4) is 0 Å². The molecule has 168 valence electrons. The number of hydrogen-bond donors (Lipinski definition) is 1. The first-order chi connectivity index (χ1) is 14.7. The van der Waals surface area contributed by atoms with Crippen LogP contribution in [0.5, 0.6) is 5.75 Å². The van der Waals surface area contributed by atoms with Gasteiger partial charge in [-0.05, 0) is 55.0 Å². The lowest BCUT2D eigenvalue weighted by Crippen LogP contribution is -2.35. The molecule has 1 N–H and O–H groups in total. The summed E-state index contributed by atoms with van der Waals surface area (Å²) in [5, 5.41) is 9.31. The van der Waals surface area contributed by atoms with Crippen LogP contribution >= 0.6 is 0 Å². The fraction of sp³-hybridized carbons (Fsp3) is 0.435. The monoisotopic (exact) mass is 447 g/mol. The van der Waals surface area contributed by atoms with Crippen LogP contribution in [0.2, 0.25) is 0 Å². The van der Waals surface area contributed by atoms with Gasteiger partial charge in [0.2, 0.25) is 10.0 Å². The van der Waals surface area contributed by atoms with Gasteiger partial charge in [0.15, 0.2) is 0 Å². The van der Waals surface area contributed by atoms with E-state index >= 15 is 0 Å². The number of sulfonamides is 1. The summed E-state index contributed by atoms with van der Waals surface area (Å²) in [5.74, 6) is -0.717. The quantitative estimate of drug-likeness (QED) is 0.665. The number of carbonyl (C=O) groups is 1. The van der Waals surface area contributed by atoms with Gasteiger partial charge in [0.1, 0.15) is 16.7 Å². The first-order valence-corrected chi connectivity index (χ1v) is 11.7. The summed E-state index contributed by atoms with van der Waals surface area (Å²) in [7, 11) is -2.15. The van der Waals surface area contributed by atoms with E-state index in [1.165, 1.54) is 4.31 Å². The molecule has 0 aromatic heterocycles. The van der Waals surface area contributed by atoms with E-state index in [0.717, 1.165) is 16.7 Å². The summed E-state index contributed by atoms with van der Waals surface area (Å²) in [6.07, 6.45) is 0.265. The van der Waals surface area contributed by atoms with Crippen molar-refractivity contribution >= 4 is 16.0 Å². The lowest BCUT2D eigenvalue weighted by molar-refractivity contribution is -0.137. The third kappa shape index (κ3) is 5.44. The van der Waals surface area contributed by atoms with E-state index in [1.807, 2.05) is 32.0 Å². The predicted molar refractivity (Wildman–Crippen MR) is 117 cm³/mol. The number of nitrogens with zero attached hydrogens (tertiary/aromatic N) is 1.